The van der Waals surface area contributed by atoms with Crippen molar-refractivity contribution in [3.8, 4) is 0 Å². The van der Waals surface area contributed by atoms with Crippen LogP contribution in [0.1, 0.15) is 124 Å². The zero-order valence-electron chi connectivity index (χ0n) is 28.4. The quantitative estimate of drug-likeness (QED) is 0.217. The van der Waals surface area contributed by atoms with E-state index in [4.69, 9.17) is 11.6 Å². The Morgan fingerprint density at radius 3 is 1.35 bits per heavy atom. The second kappa shape index (κ2) is 18.6. The molecule has 234 valence electrons. The first-order chi connectivity index (χ1) is 20.0. The van der Waals surface area contributed by atoms with Crippen molar-refractivity contribution in [3.63, 3.8) is 0 Å². The van der Waals surface area contributed by atoms with Gasteiger partial charge in [0.25, 0.3) is 0 Å². The predicted octanol–water partition coefficient (Wildman–Crippen LogP) is 13.4. The lowest BCUT2D eigenvalue weighted by atomic mass is 10.0. The summed E-state index contributed by atoms with van der Waals surface area (Å²) >= 11 is 5.89. The molecular weight excluding hydrogens is 554 g/mol. The summed E-state index contributed by atoms with van der Waals surface area (Å²) in [6, 6.07) is 25.3. The summed E-state index contributed by atoms with van der Waals surface area (Å²) in [6.45, 7) is 25.0. The zero-order chi connectivity index (χ0) is 32.9. The lowest BCUT2D eigenvalue weighted by Gasteiger charge is -2.06. The van der Waals surface area contributed by atoms with Crippen LogP contribution in [0.15, 0.2) is 78.9 Å². The number of aryl methyl sites for hydroxylation is 4. The second-order valence-electron chi connectivity index (χ2n) is 12.6. The Hall–Kier alpha value is -2.97. The Morgan fingerprint density at radius 1 is 0.465 bits per heavy atom. The molecule has 4 aromatic rings. The van der Waals surface area contributed by atoms with E-state index in [9.17, 15) is 8.78 Å². The van der Waals surface area contributed by atoms with Crippen LogP contribution in [-0.4, -0.2) is 0 Å². The average molecular weight is 607 g/mol. The summed E-state index contributed by atoms with van der Waals surface area (Å²) in [5.41, 5.74) is 9.30. The fraction of sp³-hybridized carbons (Fsp3) is 0.400. The van der Waals surface area contributed by atoms with Gasteiger partial charge < -0.3 is 0 Å². The second-order valence-corrected chi connectivity index (χ2v) is 13.0. The average Bonchev–Trinajstić information content (AvgIpc) is 2.92. The molecule has 4 rings (SSSR count). The van der Waals surface area contributed by atoms with Crippen molar-refractivity contribution in [1.29, 1.82) is 0 Å². The number of halogens is 3. The number of rotatable bonds is 4. The summed E-state index contributed by atoms with van der Waals surface area (Å²) in [5.74, 6) is 1.88. The smallest absolute Gasteiger partial charge is 0.126 e. The third kappa shape index (κ3) is 14.4. The first-order valence-electron chi connectivity index (χ1n) is 15.4. The highest BCUT2D eigenvalue weighted by molar-refractivity contribution is 6.31. The molecule has 0 heterocycles. The van der Waals surface area contributed by atoms with Crippen LogP contribution in [0.2, 0.25) is 5.02 Å². The Morgan fingerprint density at radius 2 is 0.930 bits per heavy atom. The molecule has 0 saturated carbocycles. The maximum Gasteiger partial charge on any atom is 0.126 e. The van der Waals surface area contributed by atoms with Gasteiger partial charge in [0.15, 0.2) is 0 Å². The topological polar surface area (TPSA) is 0 Å². The van der Waals surface area contributed by atoms with E-state index in [-0.39, 0.29) is 11.6 Å². The fourth-order valence-corrected chi connectivity index (χ4v) is 4.30. The zero-order valence-corrected chi connectivity index (χ0v) is 29.2. The lowest BCUT2D eigenvalue weighted by molar-refractivity contribution is 0.616. The minimum Gasteiger partial charge on any atom is -0.207 e. The lowest BCUT2D eigenvalue weighted by Crippen LogP contribution is -1.89. The first-order valence-corrected chi connectivity index (χ1v) is 15.7. The molecule has 0 amide bonds. The van der Waals surface area contributed by atoms with Crippen LogP contribution in [0, 0.1) is 39.3 Å². The van der Waals surface area contributed by atoms with E-state index < -0.39 is 0 Å². The number of benzene rings is 4. The van der Waals surface area contributed by atoms with Crippen molar-refractivity contribution in [3.05, 3.63) is 140 Å². The Balaban J connectivity index is 0.000000287. The number of hydrogen-bond donors (Lipinski definition) is 0. The Bertz CT molecular complexity index is 1320. The molecule has 0 atom stereocenters. The van der Waals surface area contributed by atoms with E-state index in [1.807, 2.05) is 38.1 Å². The van der Waals surface area contributed by atoms with E-state index in [0.717, 1.165) is 27.3 Å². The van der Waals surface area contributed by atoms with Crippen LogP contribution in [-0.2, 0) is 0 Å². The van der Waals surface area contributed by atoms with Crippen LogP contribution in [0.5, 0.6) is 0 Å². The van der Waals surface area contributed by atoms with Crippen LogP contribution >= 0.6 is 11.6 Å². The molecular formula is C40H53ClF2. The Kier molecular flexibility index (Phi) is 16.5. The third-order valence-corrected chi connectivity index (χ3v) is 7.56. The summed E-state index contributed by atoms with van der Waals surface area (Å²) in [4.78, 5) is 0. The van der Waals surface area contributed by atoms with Gasteiger partial charge in [0, 0.05) is 5.02 Å². The van der Waals surface area contributed by atoms with E-state index in [1.54, 1.807) is 19.1 Å². The highest BCUT2D eigenvalue weighted by Crippen LogP contribution is 2.21. The maximum atomic E-state index is 12.8. The molecule has 0 radical (unpaired) electrons. The van der Waals surface area contributed by atoms with E-state index in [2.05, 4.69) is 98.7 Å². The molecule has 0 bridgehead atoms. The van der Waals surface area contributed by atoms with E-state index in [1.165, 1.54) is 28.3 Å². The minimum absolute atomic E-state index is 0.116. The largest absolute Gasteiger partial charge is 0.207 e. The minimum atomic E-state index is -0.131. The monoisotopic (exact) mass is 606 g/mol. The van der Waals surface area contributed by atoms with Crippen LogP contribution in [0.25, 0.3) is 0 Å². The van der Waals surface area contributed by atoms with E-state index >= 15 is 0 Å². The molecule has 43 heavy (non-hydrogen) atoms. The van der Waals surface area contributed by atoms with Crippen LogP contribution < -0.4 is 0 Å². The molecule has 3 heteroatoms. The normalized spacial score (nSPS) is 10.6. The summed E-state index contributed by atoms with van der Waals surface area (Å²) < 4.78 is 25.6. The van der Waals surface area contributed by atoms with E-state index in [0.29, 0.717) is 23.7 Å². The molecule has 0 unspecified atom stereocenters. The Labute approximate surface area is 266 Å². The molecule has 0 spiro atoms. The molecule has 0 aliphatic carbocycles. The molecule has 0 aliphatic rings. The molecule has 0 fully saturated rings. The SMILES string of the molecule is Cc1cc(C(C)C)ccc1Cl.Cc1cc(C(C)C)ccc1F.Cc1cc(F)cc(C(C)C)c1.Cc1cccc(C(C)C)c1. The third-order valence-electron chi connectivity index (χ3n) is 7.14. The predicted molar refractivity (Wildman–Crippen MR) is 186 cm³/mol. The van der Waals surface area contributed by atoms with Gasteiger partial charge in [0.05, 0.1) is 0 Å². The van der Waals surface area contributed by atoms with Crippen molar-refractivity contribution in [2.24, 2.45) is 0 Å². The van der Waals surface area contributed by atoms with Gasteiger partial charge in [-0.25, -0.2) is 8.78 Å². The van der Waals surface area contributed by atoms with Crippen molar-refractivity contribution in [1.82, 2.24) is 0 Å². The van der Waals surface area contributed by atoms with Gasteiger partial charge in [0.1, 0.15) is 11.6 Å². The first kappa shape index (κ1) is 38.1. The van der Waals surface area contributed by atoms with Gasteiger partial charge in [-0.05, 0) is 115 Å². The standard InChI is InChI=1S/C10H13Cl.2C10H13F.C10H14/c1-7(2)9-4-5-10(11)8(3)6-9;1-7(2)9-4-8(3)5-10(11)6-9;1-7(2)9-4-5-10(11)8(3)6-9;1-8(2)10-6-4-5-9(3)7-10/h3*4-7H,1-3H3;4-8H,1-3H3. The molecule has 0 aromatic heterocycles. The maximum absolute atomic E-state index is 12.8. The summed E-state index contributed by atoms with van der Waals surface area (Å²) in [5, 5.41) is 0.856. The van der Waals surface area contributed by atoms with Gasteiger partial charge in [-0.1, -0.05) is 127 Å². The van der Waals surface area contributed by atoms with Crippen molar-refractivity contribution in [2.75, 3.05) is 0 Å². The van der Waals surface area contributed by atoms with Crippen molar-refractivity contribution < 1.29 is 8.78 Å². The summed E-state index contributed by atoms with van der Waals surface area (Å²) in [6.07, 6.45) is 0. The van der Waals surface area contributed by atoms with Gasteiger partial charge in [-0.15, -0.1) is 0 Å². The summed E-state index contributed by atoms with van der Waals surface area (Å²) in [7, 11) is 0. The van der Waals surface area contributed by atoms with Crippen LogP contribution in [0.4, 0.5) is 8.78 Å². The molecule has 4 aromatic carbocycles. The fourth-order valence-electron chi connectivity index (χ4n) is 4.18. The van der Waals surface area contributed by atoms with Crippen molar-refractivity contribution in [2.45, 2.75) is 107 Å². The molecule has 0 saturated heterocycles. The van der Waals surface area contributed by atoms with Crippen LogP contribution in [0.3, 0.4) is 0 Å². The van der Waals surface area contributed by atoms with Gasteiger partial charge in [-0.3, -0.25) is 0 Å². The van der Waals surface area contributed by atoms with Gasteiger partial charge >= 0.3 is 0 Å². The molecule has 0 N–H and O–H groups in total. The highest BCUT2D eigenvalue weighted by Gasteiger charge is 2.03. The molecule has 0 nitrogen and oxygen atoms in total. The highest BCUT2D eigenvalue weighted by atomic mass is 35.5. The molecule has 0 aliphatic heterocycles. The number of hydrogen-bond acceptors (Lipinski definition) is 0. The van der Waals surface area contributed by atoms with Gasteiger partial charge in [-0.2, -0.15) is 0 Å². The van der Waals surface area contributed by atoms with Gasteiger partial charge in [0.2, 0.25) is 0 Å². The van der Waals surface area contributed by atoms with Crippen molar-refractivity contribution >= 4 is 11.6 Å².